The summed E-state index contributed by atoms with van der Waals surface area (Å²) in [7, 11) is 1.63. The fourth-order valence-electron chi connectivity index (χ4n) is 2.13. The summed E-state index contributed by atoms with van der Waals surface area (Å²) in [6, 6.07) is 15.5. The van der Waals surface area contributed by atoms with E-state index in [4.69, 9.17) is 9.47 Å². The predicted octanol–water partition coefficient (Wildman–Crippen LogP) is 3.71. The van der Waals surface area contributed by atoms with E-state index >= 15 is 0 Å². The van der Waals surface area contributed by atoms with Gasteiger partial charge in [-0.05, 0) is 31.2 Å². The molecule has 4 nitrogen and oxygen atoms in total. The highest BCUT2D eigenvalue weighted by Crippen LogP contribution is 2.30. The van der Waals surface area contributed by atoms with Crippen molar-refractivity contribution >= 4 is 11.0 Å². The van der Waals surface area contributed by atoms with Gasteiger partial charge >= 0.3 is 0 Å². The maximum Gasteiger partial charge on any atom is 0.162 e. The standard InChI is InChI=1S/C16H16N2O2/c1-11(20-15-10-6-5-9-14(15)19-2)16-17-12-7-3-4-8-13(12)18-16/h3-11H,1-2H3,(H,17,18)/t11-/m0/s1. The van der Waals surface area contributed by atoms with Crippen molar-refractivity contribution in [2.24, 2.45) is 0 Å². The molecule has 0 saturated heterocycles. The number of methoxy groups -OCH3 is 1. The molecule has 0 spiro atoms. The number of hydrogen-bond donors (Lipinski definition) is 1. The number of hydrogen-bond acceptors (Lipinski definition) is 3. The van der Waals surface area contributed by atoms with E-state index in [0.717, 1.165) is 22.6 Å². The van der Waals surface area contributed by atoms with Gasteiger partial charge < -0.3 is 14.5 Å². The Balaban J connectivity index is 1.87. The highest BCUT2D eigenvalue weighted by molar-refractivity contribution is 5.74. The number of nitrogens with zero attached hydrogens (tertiary/aromatic N) is 1. The van der Waals surface area contributed by atoms with E-state index in [9.17, 15) is 0 Å². The lowest BCUT2D eigenvalue weighted by molar-refractivity contribution is 0.208. The van der Waals surface area contributed by atoms with E-state index < -0.39 is 0 Å². The van der Waals surface area contributed by atoms with Crippen LogP contribution in [0.5, 0.6) is 11.5 Å². The summed E-state index contributed by atoms with van der Waals surface area (Å²) in [4.78, 5) is 7.82. The Morgan fingerprint density at radius 3 is 2.45 bits per heavy atom. The summed E-state index contributed by atoms with van der Waals surface area (Å²) in [5.74, 6) is 2.23. The number of imidazole rings is 1. The van der Waals surface area contributed by atoms with Crippen LogP contribution in [0.3, 0.4) is 0 Å². The summed E-state index contributed by atoms with van der Waals surface area (Å²) < 4.78 is 11.2. The molecular formula is C16H16N2O2. The number of benzene rings is 2. The molecule has 3 aromatic rings. The summed E-state index contributed by atoms with van der Waals surface area (Å²) >= 11 is 0. The smallest absolute Gasteiger partial charge is 0.162 e. The van der Waals surface area contributed by atoms with Crippen molar-refractivity contribution in [1.29, 1.82) is 0 Å². The second-order valence-corrected chi connectivity index (χ2v) is 4.55. The van der Waals surface area contributed by atoms with Crippen LogP contribution in [-0.2, 0) is 0 Å². The Morgan fingerprint density at radius 1 is 1.00 bits per heavy atom. The van der Waals surface area contributed by atoms with Crippen molar-refractivity contribution in [2.45, 2.75) is 13.0 Å². The van der Waals surface area contributed by atoms with Crippen molar-refractivity contribution in [3.63, 3.8) is 0 Å². The molecule has 0 fully saturated rings. The van der Waals surface area contributed by atoms with Gasteiger partial charge in [0, 0.05) is 0 Å². The molecule has 1 atom stereocenters. The zero-order valence-electron chi connectivity index (χ0n) is 11.5. The molecule has 4 heteroatoms. The number of aromatic nitrogens is 2. The molecule has 20 heavy (non-hydrogen) atoms. The third kappa shape index (κ3) is 2.32. The highest BCUT2D eigenvalue weighted by atomic mass is 16.5. The second-order valence-electron chi connectivity index (χ2n) is 4.55. The maximum atomic E-state index is 5.93. The van der Waals surface area contributed by atoms with Crippen molar-refractivity contribution < 1.29 is 9.47 Å². The van der Waals surface area contributed by atoms with Crippen molar-refractivity contribution in [3.05, 3.63) is 54.4 Å². The Labute approximate surface area is 117 Å². The van der Waals surface area contributed by atoms with Gasteiger partial charge in [0.05, 0.1) is 18.1 Å². The van der Waals surface area contributed by atoms with Crippen LogP contribution >= 0.6 is 0 Å². The molecule has 0 radical (unpaired) electrons. The summed E-state index contributed by atoms with van der Waals surface area (Å²) in [5.41, 5.74) is 1.95. The number of para-hydroxylation sites is 4. The number of fused-ring (bicyclic) bond motifs is 1. The number of H-pyrrole nitrogens is 1. The number of ether oxygens (including phenoxy) is 2. The van der Waals surface area contributed by atoms with Crippen LogP contribution in [0, 0.1) is 0 Å². The van der Waals surface area contributed by atoms with Gasteiger partial charge in [0.1, 0.15) is 5.82 Å². The largest absolute Gasteiger partial charge is 0.493 e. The first-order valence-electron chi connectivity index (χ1n) is 6.52. The Morgan fingerprint density at radius 2 is 1.70 bits per heavy atom. The molecule has 1 N–H and O–H groups in total. The summed E-state index contributed by atoms with van der Waals surface area (Å²) in [5, 5.41) is 0. The lowest BCUT2D eigenvalue weighted by Gasteiger charge is -2.14. The van der Waals surface area contributed by atoms with E-state index in [1.165, 1.54) is 0 Å². The lowest BCUT2D eigenvalue weighted by Crippen LogP contribution is -2.05. The average molecular weight is 268 g/mol. The number of rotatable bonds is 4. The Hall–Kier alpha value is -2.49. The summed E-state index contributed by atoms with van der Waals surface area (Å²) in [6.45, 7) is 1.96. The maximum absolute atomic E-state index is 5.93. The molecule has 2 aromatic carbocycles. The number of aromatic amines is 1. The molecule has 102 valence electrons. The van der Waals surface area contributed by atoms with Crippen LogP contribution in [0.15, 0.2) is 48.5 Å². The van der Waals surface area contributed by atoms with Crippen molar-refractivity contribution in [1.82, 2.24) is 9.97 Å². The van der Waals surface area contributed by atoms with Crippen LogP contribution in [0.25, 0.3) is 11.0 Å². The molecule has 0 saturated carbocycles. The molecule has 0 aliphatic heterocycles. The number of nitrogens with one attached hydrogen (secondary N) is 1. The van der Waals surface area contributed by atoms with E-state index in [0.29, 0.717) is 5.75 Å². The fraction of sp³-hybridized carbons (Fsp3) is 0.188. The quantitative estimate of drug-likeness (QED) is 0.784. The predicted molar refractivity (Wildman–Crippen MR) is 78.1 cm³/mol. The van der Waals surface area contributed by atoms with Gasteiger partial charge in [-0.15, -0.1) is 0 Å². The first kappa shape index (κ1) is 12.5. The Bertz CT molecular complexity index is 688. The molecule has 3 rings (SSSR count). The van der Waals surface area contributed by atoms with E-state index in [1.54, 1.807) is 7.11 Å². The van der Waals surface area contributed by atoms with Gasteiger partial charge in [0.15, 0.2) is 17.6 Å². The van der Waals surface area contributed by atoms with Crippen LogP contribution in [0.4, 0.5) is 0 Å². The minimum absolute atomic E-state index is 0.182. The molecule has 1 heterocycles. The topological polar surface area (TPSA) is 47.1 Å². The molecule has 0 unspecified atom stereocenters. The van der Waals surface area contributed by atoms with Crippen molar-refractivity contribution in [2.75, 3.05) is 7.11 Å². The Kier molecular flexibility index (Phi) is 3.29. The normalized spacial score (nSPS) is 12.3. The lowest BCUT2D eigenvalue weighted by atomic mass is 10.3. The first-order chi connectivity index (χ1) is 9.78. The fourth-order valence-corrected chi connectivity index (χ4v) is 2.13. The monoisotopic (exact) mass is 268 g/mol. The first-order valence-corrected chi connectivity index (χ1v) is 6.52. The van der Waals surface area contributed by atoms with Crippen LogP contribution in [-0.4, -0.2) is 17.1 Å². The van der Waals surface area contributed by atoms with E-state index in [1.807, 2.05) is 55.5 Å². The van der Waals surface area contributed by atoms with Crippen LogP contribution in [0.2, 0.25) is 0 Å². The molecule has 0 amide bonds. The molecule has 0 aliphatic rings. The minimum Gasteiger partial charge on any atom is -0.493 e. The second kappa shape index (κ2) is 5.25. The van der Waals surface area contributed by atoms with Gasteiger partial charge in [-0.1, -0.05) is 24.3 Å². The minimum atomic E-state index is -0.182. The van der Waals surface area contributed by atoms with Gasteiger partial charge in [-0.3, -0.25) is 0 Å². The highest BCUT2D eigenvalue weighted by Gasteiger charge is 2.14. The van der Waals surface area contributed by atoms with Crippen LogP contribution < -0.4 is 9.47 Å². The van der Waals surface area contributed by atoms with Gasteiger partial charge in [0.2, 0.25) is 0 Å². The van der Waals surface area contributed by atoms with E-state index in [2.05, 4.69) is 9.97 Å². The van der Waals surface area contributed by atoms with Gasteiger partial charge in [-0.25, -0.2) is 4.98 Å². The molecule has 1 aromatic heterocycles. The third-order valence-corrected chi connectivity index (χ3v) is 3.17. The third-order valence-electron chi connectivity index (χ3n) is 3.17. The molecule has 0 bridgehead atoms. The van der Waals surface area contributed by atoms with Crippen LogP contribution in [0.1, 0.15) is 18.9 Å². The average Bonchev–Trinajstić information content (AvgIpc) is 2.92. The SMILES string of the molecule is COc1ccccc1O[C@@H](C)c1nc2ccccc2[nH]1. The zero-order valence-corrected chi connectivity index (χ0v) is 11.5. The van der Waals surface area contributed by atoms with Gasteiger partial charge in [0.25, 0.3) is 0 Å². The zero-order chi connectivity index (χ0) is 13.9. The molecule has 0 aliphatic carbocycles. The molecular weight excluding hydrogens is 252 g/mol. The van der Waals surface area contributed by atoms with Gasteiger partial charge in [-0.2, -0.15) is 0 Å². The summed E-state index contributed by atoms with van der Waals surface area (Å²) in [6.07, 6.45) is -0.182. The van der Waals surface area contributed by atoms with Crippen molar-refractivity contribution in [3.8, 4) is 11.5 Å². The van der Waals surface area contributed by atoms with E-state index in [-0.39, 0.29) is 6.10 Å².